The number of ether oxygens (including phenoxy) is 1. The van der Waals surface area contributed by atoms with Crippen LogP contribution in [0.15, 0.2) is 0 Å². The minimum atomic E-state index is -0.370. The van der Waals surface area contributed by atoms with Gasteiger partial charge in [-0.05, 0) is 70.5 Å². The number of aliphatic hydroxyl groups is 1. The van der Waals surface area contributed by atoms with Gasteiger partial charge in [-0.1, -0.05) is 6.92 Å². The summed E-state index contributed by atoms with van der Waals surface area (Å²) < 4.78 is 5.85. The van der Waals surface area contributed by atoms with Crippen LogP contribution in [0, 0.1) is 11.8 Å². The molecule has 1 aliphatic heterocycles. The van der Waals surface area contributed by atoms with Gasteiger partial charge in [0, 0.05) is 13.1 Å². The van der Waals surface area contributed by atoms with E-state index in [1.54, 1.807) is 0 Å². The fraction of sp³-hybridized carbons (Fsp3) is 1.00. The molecule has 2 aliphatic rings. The number of piperidine rings is 1. The highest BCUT2D eigenvalue weighted by Crippen LogP contribution is 2.25. The fourth-order valence-electron chi connectivity index (χ4n) is 3.60. The van der Waals surface area contributed by atoms with E-state index in [4.69, 9.17) is 4.74 Å². The molecule has 2 atom stereocenters. The van der Waals surface area contributed by atoms with Crippen LogP contribution in [0.3, 0.4) is 0 Å². The predicted molar refractivity (Wildman–Crippen MR) is 86.5 cm³/mol. The van der Waals surface area contributed by atoms with Gasteiger partial charge in [0.05, 0.1) is 18.8 Å². The average Bonchev–Trinajstić information content (AvgIpc) is 2.47. The van der Waals surface area contributed by atoms with Crippen LogP contribution in [0.4, 0.5) is 0 Å². The molecule has 4 heteroatoms. The minimum Gasteiger partial charge on any atom is -0.389 e. The van der Waals surface area contributed by atoms with Crippen molar-refractivity contribution >= 4 is 0 Å². The Labute approximate surface area is 130 Å². The Morgan fingerprint density at radius 3 is 2.71 bits per heavy atom. The maximum Gasteiger partial charge on any atom is 0.0897 e. The largest absolute Gasteiger partial charge is 0.389 e. The van der Waals surface area contributed by atoms with Gasteiger partial charge >= 0.3 is 0 Å². The summed E-state index contributed by atoms with van der Waals surface area (Å²) in [4.78, 5) is 2.40. The molecule has 1 saturated heterocycles. The standard InChI is InChI=1S/C17H34N2O2/c1-14-5-7-17(8-6-14)21-13-16(20)11-18-10-15-4-3-9-19(2)12-15/h14-18,20H,3-13H2,1-2H3. The molecule has 0 spiro atoms. The van der Waals surface area contributed by atoms with E-state index in [1.807, 2.05) is 0 Å². The van der Waals surface area contributed by atoms with E-state index >= 15 is 0 Å². The van der Waals surface area contributed by atoms with Crippen molar-refractivity contribution in [1.29, 1.82) is 0 Å². The average molecular weight is 298 g/mol. The third-order valence-electron chi connectivity index (χ3n) is 5.02. The van der Waals surface area contributed by atoms with Gasteiger partial charge in [0.25, 0.3) is 0 Å². The lowest BCUT2D eigenvalue weighted by Gasteiger charge is -2.30. The minimum absolute atomic E-state index is 0.370. The lowest BCUT2D eigenvalue weighted by atomic mass is 9.89. The van der Waals surface area contributed by atoms with E-state index in [0.29, 0.717) is 19.3 Å². The summed E-state index contributed by atoms with van der Waals surface area (Å²) in [5.41, 5.74) is 0. The molecular formula is C17H34N2O2. The van der Waals surface area contributed by atoms with E-state index in [9.17, 15) is 5.11 Å². The molecule has 0 radical (unpaired) electrons. The Morgan fingerprint density at radius 1 is 1.24 bits per heavy atom. The smallest absolute Gasteiger partial charge is 0.0897 e. The third kappa shape index (κ3) is 6.64. The maximum absolute atomic E-state index is 10.0. The number of hydrogen-bond donors (Lipinski definition) is 2. The van der Waals surface area contributed by atoms with Crippen LogP contribution >= 0.6 is 0 Å². The molecule has 4 nitrogen and oxygen atoms in total. The van der Waals surface area contributed by atoms with Crippen molar-refractivity contribution in [2.45, 2.75) is 57.7 Å². The van der Waals surface area contributed by atoms with E-state index in [1.165, 1.54) is 38.8 Å². The highest BCUT2D eigenvalue weighted by atomic mass is 16.5. The van der Waals surface area contributed by atoms with Gasteiger partial charge in [-0.3, -0.25) is 0 Å². The SMILES string of the molecule is CC1CCC(OCC(O)CNCC2CCCN(C)C2)CC1. The quantitative estimate of drug-likeness (QED) is 0.753. The van der Waals surface area contributed by atoms with Crippen molar-refractivity contribution < 1.29 is 9.84 Å². The molecule has 2 N–H and O–H groups in total. The molecule has 21 heavy (non-hydrogen) atoms. The molecule has 0 bridgehead atoms. The Hall–Kier alpha value is -0.160. The van der Waals surface area contributed by atoms with Gasteiger partial charge in [-0.2, -0.15) is 0 Å². The van der Waals surface area contributed by atoms with Gasteiger partial charge < -0.3 is 20.1 Å². The highest BCUT2D eigenvalue weighted by molar-refractivity contribution is 4.74. The molecule has 2 fully saturated rings. The number of nitrogens with zero attached hydrogens (tertiary/aromatic N) is 1. The number of likely N-dealkylation sites (tertiary alicyclic amines) is 1. The molecule has 0 aromatic carbocycles. The molecular weight excluding hydrogens is 264 g/mol. The van der Waals surface area contributed by atoms with E-state index < -0.39 is 0 Å². The van der Waals surface area contributed by atoms with E-state index in [2.05, 4.69) is 24.2 Å². The van der Waals surface area contributed by atoms with Crippen LogP contribution in [0.1, 0.15) is 45.4 Å². The zero-order chi connectivity index (χ0) is 15.1. The zero-order valence-electron chi connectivity index (χ0n) is 13.9. The summed E-state index contributed by atoms with van der Waals surface area (Å²) in [6, 6.07) is 0. The summed E-state index contributed by atoms with van der Waals surface area (Å²) in [6.45, 7) is 6.88. The van der Waals surface area contributed by atoms with Crippen LogP contribution in [-0.2, 0) is 4.74 Å². The molecule has 2 unspecified atom stereocenters. The number of hydrogen-bond acceptors (Lipinski definition) is 4. The molecule has 0 amide bonds. The Bertz CT molecular complexity index is 280. The molecule has 2 rings (SSSR count). The van der Waals surface area contributed by atoms with Gasteiger partial charge in [-0.15, -0.1) is 0 Å². The topological polar surface area (TPSA) is 44.7 Å². The van der Waals surface area contributed by atoms with Crippen LogP contribution in [0.2, 0.25) is 0 Å². The second-order valence-electron chi connectivity index (χ2n) is 7.30. The highest BCUT2D eigenvalue weighted by Gasteiger charge is 2.20. The van der Waals surface area contributed by atoms with Crippen LogP contribution < -0.4 is 5.32 Å². The lowest BCUT2D eigenvalue weighted by molar-refractivity contribution is -0.0280. The van der Waals surface area contributed by atoms with Gasteiger partial charge in [-0.25, -0.2) is 0 Å². The molecule has 1 saturated carbocycles. The third-order valence-corrected chi connectivity index (χ3v) is 5.02. The van der Waals surface area contributed by atoms with Crippen molar-refractivity contribution in [2.75, 3.05) is 39.8 Å². The first-order valence-corrected chi connectivity index (χ1v) is 8.82. The summed E-state index contributed by atoms with van der Waals surface area (Å²) in [5.74, 6) is 1.58. The fourth-order valence-corrected chi connectivity index (χ4v) is 3.60. The monoisotopic (exact) mass is 298 g/mol. The number of nitrogens with one attached hydrogen (secondary N) is 1. The van der Waals surface area contributed by atoms with Gasteiger partial charge in [0.2, 0.25) is 0 Å². The molecule has 124 valence electrons. The van der Waals surface area contributed by atoms with Crippen LogP contribution in [0.25, 0.3) is 0 Å². The van der Waals surface area contributed by atoms with Gasteiger partial charge in [0.15, 0.2) is 0 Å². The van der Waals surface area contributed by atoms with Crippen LogP contribution in [-0.4, -0.2) is 62.0 Å². The normalized spacial score (nSPS) is 33.0. The number of aliphatic hydroxyl groups excluding tert-OH is 1. The molecule has 1 aliphatic carbocycles. The molecule has 1 heterocycles. The van der Waals surface area contributed by atoms with Crippen LogP contribution in [0.5, 0.6) is 0 Å². The predicted octanol–water partition coefficient (Wildman–Crippen LogP) is 1.87. The first kappa shape index (κ1) is 17.2. The zero-order valence-corrected chi connectivity index (χ0v) is 13.9. The lowest BCUT2D eigenvalue weighted by Crippen LogP contribution is -2.40. The van der Waals surface area contributed by atoms with E-state index in [0.717, 1.165) is 31.2 Å². The van der Waals surface area contributed by atoms with Gasteiger partial charge in [0.1, 0.15) is 0 Å². The Kier molecular flexibility index (Phi) is 7.44. The van der Waals surface area contributed by atoms with Crippen molar-refractivity contribution in [2.24, 2.45) is 11.8 Å². The Balaban J connectivity index is 1.50. The maximum atomic E-state index is 10.0. The van der Waals surface area contributed by atoms with Crippen molar-refractivity contribution in [3.63, 3.8) is 0 Å². The second kappa shape index (κ2) is 9.09. The molecule has 0 aromatic rings. The summed E-state index contributed by atoms with van der Waals surface area (Å²) >= 11 is 0. The first-order valence-electron chi connectivity index (χ1n) is 8.82. The van der Waals surface area contributed by atoms with Crippen molar-refractivity contribution in [3.05, 3.63) is 0 Å². The number of rotatable bonds is 7. The summed E-state index contributed by atoms with van der Waals surface area (Å²) in [7, 11) is 2.19. The first-order chi connectivity index (χ1) is 10.1. The van der Waals surface area contributed by atoms with E-state index in [-0.39, 0.29) is 6.10 Å². The summed E-state index contributed by atoms with van der Waals surface area (Å²) in [5, 5.41) is 13.4. The Morgan fingerprint density at radius 2 is 2.00 bits per heavy atom. The molecule has 0 aromatic heterocycles. The van der Waals surface area contributed by atoms with Crippen molar-refractivity contribution in [1.82, 2.24) is 10.2 Å². The van der Waals surface area contributed by atoms with Crippen molar-refractivity contribution in [3.8, 4) is 0 Å². The second-order valence-corrected chi connectivity index (χ2v) is 7.30. The summed E-state index contributed by atoms with van der Waals surface area (Å²) in [6.07, 6.45) is 7.49.